The number of hydrogen-bond acceptors (Lipinski definition) is 9. The summed E-state index contributed by atoms with van der Waals surface area (Å²) < 4.78 is 0. The van der Waals surface area contributed by atoms with E-state index in [1.54, 1.807) is 6.92 Å². The molecule has 9 heteroatoms. The van der Waals surface area contributed by atoms with Gasteiger partial charge in [0.1, 0.15) is 72.8 Å². The van der Waals surface area contributed by atoms with Crippen molar-refractivity contribution in [2.24, 2.45) is 21.7 Å². The van der Waals surface area contributed by atoms with E-state index in [4.69, 9.17) is 0 Å². The molecule has 0 aromatic heterocycles. The van der Waals surface area contributed by atoms with Crippen LogP contribution in [-0.2, 0) is 43.2 Å². The number of rotatable bonds is 16. The van der Waals surface area contributed by atoms with E-state index in [9.17, 15) is 43.2 Å². The first-order valence-corrected chi connectivity index (χ1v) is 8.03. The molecule has 0 radical (unpaired) electrons. The van der Waals surface area contributed by atoms with E-state index < -0.39 is 28.1 Å². The number of carbonyl (C=O) groups excluding carboxylic acids is 9. The first-order valence-electron chi connectivity index (χ1n) is 8.03. The predicted octanol–water partition coefficient (Wildman–Crippen LogP) is -0.698. The summed E-state index contributed by atoms with van der Waals surface area (Å²) in [5, 5.41) is 0. The summed E-state index contributed by atoms with van der Waals surface area (Å²) in [4.78, 5) is 106. The van der Waals surface area contributed by atoms with E-state index in [0.717, 1.165) is 0 Å². The quantitative estimate of drug-likeness (QED) is 0.192. The molecule has 0 aromatic rings. The summed E-state index contributed by atoms with van der Waals surface area (Å²) in [6.45, 7) is 1.79. The summed E-state index contributed by atoms with van der Waals surface area (Å²) in [5.41, 5.74) is -11.9. The highest BCUT2D eigenvalue weighted by Gasteiger charge is 2.72. The van der Waals surface area contributed by atoms with Crippen LogP contribution in [-0.4, -0.2) is 56.6 Å². The minimum absolute atomic E-state index is 0.0780. The van der Waals surface area contributed by atoms with Gasteiger partial charge in [0.2, 0.25) is 0 Å². The third-order valence-corrected chi connectivity index (χ3v) is 5.11. The van der Waals surface area contributed by atoms with Crippen LogP contribution in [0.25, 0.3) is 0 Å². The molecule has 0 atom stereocenters. The van der Waals surface area contributed by atoms with E-state index in [0.29, 0.717) is 12.8 Å². The molecule has 0 spiro atoms. The third-order valence-electron chi connectivity index (χ3n) is 5.11. The molecule has 0 aliphatic heterocycles. The molecule has 0 aliphatic carbocycles. The average molecular weight is 380 g/mol. The van der Waals surface area contributed by atoms with Crippen LogP contribution in [0.15, 0.2) is 0 Å². The molecule has 9 nitrogen and oxygen atoms in total. The molecule has 0 saturated carbocycles. The van der Waals surface area contributed by atoms with Crippen molar-refractivity contribution in [2.45, 2.75) is 32.6 Å². The highest BCUT2D eigenvalue weighted by atomic mass is 16.2. The van der Waals surface area contributed by atoms with Crippen LogP contribution in [0.1, 0.15) is 32.6 Å². The maximum Gasteiger partial charge on any atom is 0.156 e. The monoisotopic (exact) mass is 380 g/mol. The molecule has 0 aromatic carbocycles. The van der Waals surface area contributed by atoms with Crippen molar-refractivity contribution < 1.29 is 43.2 Å². The van der Waals surface area contributed by atoms with Gasteiger partial charge in [-0.3, -0.25) is 0 Å². The standard InChI is InChI=1S/C18H20O9/c1-2-3-4-5-15(6-19,7-20)17(11-24,12-25)18(13-26,14-27)16(8-21,9-22)10-23/h6-14H,2-5H2,1H3. The molecule has 0 unspecified atom stereocenters. The van der Waals surface area contributed by atoms with Crippen molar-refractivity contribution in [1.82, 2.24) is 0 Å². The fourth-order valence-corrected chi connectivity index (χ4v) is 3.20. The first kappa shape index (κ1) is 24.0. The first-order chi connectivity index (χ1) is 12.9. The zero-order chi connectivity index (χ0) is 21.2. The number of hydrogen-bond donors (Lipinski definition) is 0. The average Bonchev–Trinajstić information content (AvgIpc) is 2.73. The maximum absolute atomic E-state index is 12.0. The Hall–Kier alpha value is -2.97. The van der Waals surface area contributed by atoms with Gasteiger partial charge < -0.3 is 43.2 Å². The lowest BCUT2D eigenvalue weighted by Crippen LogP contribution is -2.67. The van der Waals surface area contributed by atoms with Crippen molar-refractivity contribution >= 4 is 56.6 Å². The fourth-order valence-electron chi connectivity index (χ4n) is 3.20. The molecular weight excluding hydrogens is 360 g/mol. The zero-order valence-electron chi connectivity index (χ0n) is 14.7. The molecular formula is C18H20O9. The highest BCUT2D eigenvalue weighted by Crippen LogP contribution is 2.54. The van der Waals surface area contributed by atoms with Gasteiger partial charge in [-0.2, -0.15) is 0 Å². The molecule has 0 saturated heterocycles. The smallest absolute Gasteiger partial charge is 0.156 e. The van der Waals surface area contributed by atoms with Crippen LogP contribution in [0, 0.1) is 21.7 Å². The Balaban J connectivity index is 7.29. The molecule has 0 heterocycles. The molecule has 146 valence electrons. The summed E-state index contributed by atoms with van der Waals surface area (Å²) in [5.74, 6) is 0. The predicted molar refractivity (Wildman–Crippen MR) is 88.5 cm³/mol. The van der Waals surface area contributed by atoms with Crippen LogP contribution in [0.3, 0.4) is 0 Å². The minimum Gasteiger partial charge on any atom is -0.302 e. The summed E-state index contributed by atoms with van der Waals surface area (Å²) in [6.07, 6.45) is -1.85. The van der Waals surface area contributed by atoms with Gasteiger partial charge in [-0.15, -0.1) is 0 Å². The van der Waals surface area contributed by atoms with Gasteiger partial charge in [-0.25, -0.2) is 0 Å². The van der Waals surface area contributed by atoms with Crippen LogP contribution in [0.2, 0.25) is 0 Å². The second-order valence-corrected chi connectivity index (χ2v) is 6.23. The van der Waals surface area contributed by atoms with E-state index in [2.05, 4.69) is 0 Å². The Morgan fingerprint density at radius 1 is 0.519 bits per heavy atom. The van der Waals surface area contributed by atoms with Gasteiger partial charge in [0.05, 0.1) is 0 Å². The van der Waals surface area contributed by atoms with E-state index >= 15 is 0 Å². The maximum atomic E-state index is 12.0. The number of carbonyl (C=O) groups is 9. The summed E-state index contributed by atoms with van der Waals surface area (Å²) in [6, 6.07) is 0. The minimum atomic E-state index is -3.22. The lowest BCUT2D eigenvalue weighted by Gasteiger charge is -2.48. The van der Waals surface area contributed by atoms with Crippen LogP contribution in [0.4, 0.5) is 0 Å². The Labute approximate surface area is 154 Å². The molecule has 27 heavy (non-hydrogen) atoms. The lowest BCUT2D eigenvalue weighted by molar-refractivity contribution is -0.176. The van der Waals surface area contributed by atoms with Gasteiger partial charge in [-0.05, 0) is 6.42 Å². The largest absolute Gasteiger partial charge is 0.302 e. The number of unbranched alkanes of at least 4 members (excludes halogenated alkanes) is 2. The number of aldehydes is 9. The van der Waals surface area contributed by atoms with Crippen LogP contribution in [0.5, 0.6) is 0 Å². The molecule has 0 bridgehead atoms. The molecule has 0 aliphatic rings. The van der Waals surface area contributed by atoms with E-state index in [1.807, 2.05) is 0 Å². The molecule has 0 N–H and O–H groups in total. The third kappa shape index (κ3) is 3.13. The Morgan fingerprint density at radius 2 is 0.926 bits per heavy atom. The fraction of sp³-hybridized carbons (Fsp3) is 0.500. The van der Waals surface area contributed by atoms with E-state index in [1.165, 1.54) is 0 Å². The Morgan fingerprint density at radius 3 is 1.19 bits per heavy atom. The zero-order valence-corrected chi connectivity index (χ0v) is 14.7. The van der Waals surface area contributed by atoms with Crippen molar-refractivity contribution in [1.29, 1.82) is 0 Å². The lowest BCUT2D eigenvalue weighted by atomic mass is 9.45. The Bertz CT molecular complexity index is 589. The normalized spacial score (nSPS) is 12.3. The second kappa shape index (κ2) is 9.65. The molecule has 0 fully saturated rings. The molecule has 0 amide bonds. The van der Waals surface area contributed by atoms with Gasteiger partial charge in [0.15, 0.2) is 5.41 Å². The topological polar surface area (TPSA) is 154 Å². The van der Waals surface area contributed by atoms with Crippen molar-refractivity contribution in [2.75, 3.05) is 0 Å². The van der Waals surface area contributed by atoms with Crippen molar-refractivity contribution in [3.63, 3.8) is 0 Å². The summed E-state index contributed by atoms with van der Waals surface area (Å²) >= 11 is 0. The molecule has 0 rings (SSSR count). The van der Waals surface area contributed by atoms with Crippen LogP contribution < -0.4 is 0 Å². The van der Waals surface area contributed by atoms with Crippen LogP contribution >= 0.6 is 0 Å². The van der Waals surface area contributed by atoms with E-state index in [-0.39, 0.29) is 63.0 Å². The van der Waals surface area contributed by atoms with Crippen molar-refractivity contribution in [3.05, 3.63) is 0 Å². The van der Waals surface area contributed by atoms with Gasteiger partial charge in [0, 0.05) is 0 Å². The summed E-state index contributed by atoms with van der Waals surface area (Å²) in [7, 11) is 0. The van der Waals surface area contributed by atoms with Gasteiger partial charge in [-0.1, -0.05) is 26.2 Å². The highest BCUT2D eigenvalue weighted by molar-refractivity contribution is 6.18. The van der Waals surface area contributed by atoms with Gasteiger partial charge >= 0.3 is 0 Å². The Kier molecular flexibility index (Phi) is 8.59. The van der Waals surface area contributed by atoms with Gasteiger partial charge in [0.25, 0.3) is 0 Å². The van der Waals surface area contributed by atoms with Crippen molar-refractivity contribution in [3.8, 4) is 0 Å². The SMILES string of the molecule is CCCCCC(C=O)(C=O)C(C=O)(C=O)C(C=O)(C=O)C(C=O)(C=O)C=O. The second-order valence-electron chi connectivity index (χ2n) is 6.23.